The lowest BCUT2D eigenvalue weighted by Crippen LogP contribution is -2.42. The summed E-state index contributed by atoms with van der Waals surface area (Å²) in [4.78, 5) is 47.6. The molecule has 0 saturated heterocycles. The quantitative estimate of drug-likeness (QED) is 0.730. The number of esters is 1. The lowest BCUT2D eigenvalue weighted by molar-refractivity contribution is -0.127. The smallest absolute Gasteiger partial charge is 0.360 e. The molecule has 144 valence electrons. The summed E-state index contributed by atoms with van der Waals surface area (Å²) in [7, 11) is 0. The molecule has 1 aromatic carbocycles. The Bertz CT molecular complexity index is 935. The largest absolute Gasteiger partial charge is 0.448 e. The van der Waals surface area contributed by atoms with Gasteiger partial charge in [-0.25, -0.2) is 14.3 Å². The van der Waals surface area contributed by atoms with Gasteiger partial charge in [-0.1, -0.05) is 32.0 Å². The maximum absolute atomic E-state index is 12.6. The highest BCUT2D eigenvalue weighted by atomic mass is 16.5. The fourth-order valence-corrected chi connectivity index (χ4v) is 2.41. The minimum Gasteiger partial charge on any atom is -0.448 e. The zero-order chi connectivity index (χ0) is 20.1. The van der Waals surface area contributed by atoms with Crippen LogP contribution in [0.4, 0.5) is 4.79 Å². The molecule has 1 atom stereocenters. The highest BCUT2D eigenvalue weighted by Gasteiger charge is 2.24. The summed E-state index contributed by atoms with van der Waals surface area (Å²) in [6.45, 7) is 5.67. The number of fused-ring (bicyclic) bond motifs is 1. The van der Waals surface area contributed by atoms with Crippen molar-refractivity contribution in [3.8, 4) is 0 Å². The molecule has 0 aliphatic heterocycles. The van der Waals surface area contributed by atoms with E-state index < -0.39 is 24.0 Å². The average molecular weight is 374 g/mol. The van der Waals surface area contributed by atoms with Crippen LogP contribution in [-0.2, 0) is 16.1 Å². The number of hydrogen-bond acceptors (Lipinski definition) is 6. The number of hydrogen-bond donors (Lipinski definition) is 2. The fraction of sp³-hybridized carbons (Fsp3) is 0.389. The number of amides is 3. The number of imide groups is 1. The van der Waals surface area contributed by atoms with Gasteiger partial charge in [0.1, 0.15) is 0 Å². The Morgan fingerprint density at radius 2 is 1.81 bits per heavy atom. The number of ether oxygens (including phenoxy) is 1. The molecule has 3 N–H and O–H groups in total. The molecule has 9 nitrogen and oxygen atoms in total. The van der Waals surface area contributed by atoms with Gasteiger partial charge in [0, 0.05) is 11.9 Å². The van der Waals surface area contributed by atoms with Gasteiger partial charge in [0.15, 0.2) is 11.8 Å². The summed E-state index contributed by atoms with van der Waals surface area (Å²) < 4.78 is 6.32. The highest BCUT2D eigenvalue weighted by molar-refractivity contribution is 6.03. The Balaban J connectivity index is 2.39. The molecule has 2 rings (SSSR count). The summed E-state index contributed by atoms with van der Waals surface area (Å²) >= 11 is 0. The third-order valence-electron chi connectivity index (χ3n) is 3.88. The number of urea groups is 1. The van der Waals surface area contributed by atoms with Crippen molar-refractivity contribution < 1.29 is 19.1 Å². The maximum Gasteiger partial charge on any atom is 0.360 e. The molecule has 9 heteroatoms. The molecule has 3 amide bonds. The van der Waals surface area contributed by atoms with E-state index in [1.165, 1.54) is 11.6 Å². The maximum atomic E-state index is 12.6. The Kier molecular flexibility index (Phi) is 6.27. The minimum atomic E-state index is -1.26. The van der Waals surface area contributed by atoms with Crippen molar-refractivity contribution in [3.63, 3.8) is 0 Å². The van der Waals surface area contributed by atoms with Crippen LogP contribution in [0.1, 0.15) is 37.7 Å². The zero-order valence-electron chi connectivity index (χ0n) is 15.4. The van der Waals surface area contributed by atoms with Crippen LogP contribution in [0.2, 0.25) is 0 Å². The van der Waals surface area contributed by atoms with E-state index in [1.54, 1.807) is 24.3 Å². The molecule has 2 aromatic rings. The molecular formula is C18H22N4O5. The third kappa shape index (κ3) is 4.90. The SMILES string of the molecule is CC(C)CCn1nc(C(=O)O[C@H](C)C(=O)NC(N)=O)c2ccccc2c1=O. The van der Waals surface area contributed by atoms with Crippen molar-refractivity contribution >= 4 is 28.7 Å². The topological polar surface area (TPSA) is 133 Å². The normalized spacial score (nSPS) is 12.0. The van der Waals surface area contributed by atoms with E-state index in [4.69, 9.17) is 10.5 Å². The van der Waals surface area contributed by atoms with Gasteiger partial charge in [-0.2, -0.15) is 5.10 Å². The highest BCUT2D eigenvalue weighted by Crippen LogP contribution is 2.15. The Morgan fingerprint density at radius 3 is 2.41 bits per heavy atom. The van der Waals surface area contributed by atoms with Crippen molar-refractivity contribution in [1.82, 2.24) is 15.1 Å². The first kappa shape index (κ1) is 20.1. The van der Waals surface area contributed by atoms with Gasteiger partial charge < -0.3 is 10.5 Å². The standard InChI is InChI=1S/C18H22N4O5/c1-10(2)8-9-22-16(24)13-7-5-4-6-12(13)14(21-22)17(25)27-11(3)15(23)20-18(19)26/h4-7,10-11H,8-9H2,1-3H3,(H3,19,20,23,26)/t11-/m1/s1. The number of nitrogens with two attached hydrogens (primary N) is 1. The number of primary amides is 1. The van der Waals surface area contributed by atoms with E-state index in [-0.39, 0.29) is 11.3 Å². The van der Waals surface area contributed by atoms with Crippen LogP contribution in [0.5, 0.6) is 0 Å². The molecule has 0 radical (unpaired) electrons. The number of benzene rings is 1. The minimum absolute atomic E-state index is 0.0762. The van der Waals surface area contributed by atoms with Gasteiger partial charge >= 0.3 is 12.0 Å². The molecule has 0 spiro atoms. The summed E-state index contributed by atoms with van der Waals surface area (Å²) in [6, 6.07) is 5.50. The average Bonchev–Trinajstić information content (AvgIpc) is 2.60. The van der Waals surface area contributed by atoms with Crippen molar-refractivity contribution in [2.45, 2.75) is 39.8 Å². The summed E-state index contributed by atoms with van der Waals surface area (Å²) in [6.07, 6.45) is -0.557. The van der Waals surface area contributed by atoms with Gasteiger partial charge in [-0.3, -0.25) is 14.9 Å². The molecular weight excluding hydrogens is 352 g/mol. The van der Waals surface area contributed by atoms with Crippen LogP contribution in [-0.4, -0.2) is 33.8 Å². The zero-order valence-corrected chi connectivity index (χ0v) is 15.4. The van der Waals surface area contributed by atoms with Crippen LogP contribution in [0.15, 0.2) is 29.1 Å². The third-order valence-corrected chi connectivity index (χ3v) is 3.88. The second-order valence-corrected chi connectivity index (χ2v) is 6.51. The Labute approximate surface area is 155 Å². The van der Waals surface area contributed by atoms with Crippen molar-refractivity contribution in [1.29, 1.82) is 0 Å². The van der Waals surface area contributed by atoms with E-state index in [1.807, 2.05) is 19.2 Å². The molecule has 0 aliphatic rings. The number of aromatic nitrogens is 2. The van der Waals surface area contributed by atoms with Crippen LogP contribution >= 0.6 is 0 Å². The molecule has 0 fully saturated rings. The number of aryl methyl sites for hydroxylation is 1. The van der Waals surface area contributed by atoms with Gasteiger partial charge in [-0.05, 0) is 25.3 Å². The van der Waals surface area contributed by atoms with E-state index in [9.17, 15) is 19.2 Å². The van der Waals surface area contributed by atoms with E-state index >= 15 is 0 Å². The molecule has 0 bridgehead atoms. The van der Waals surface area contributed by atoms with Crippen molar-refractivity contribution in [2.75, 3.05) is 0 Å². The molecule has 0 aliphatic carbocycles. The monoisotopic (exact) mass is 374 g/mol. The van der Waals surface area contributed by atoms with Crippen LogP contribution in [0.25, 0.3) is 10.8 Å². The summed E-state index contributed by atoms with van der Waals surface area (Å²) in [5, 5.41) is 6.65. The molecule has 0 saturated carbocycles. The molecule has 1 aromatic heterocycles. The molecule has 27 heavy (non-hydrogen) atoms. The fourth-order valence-electron chi connectivity index (χ4n) is 2.41. The Morgan fingerprint density at radius 1 is 1.19 bits per heavy atom. The van der Waals surface area contributed by atoms with Gasteiger partial charge in [0.25, 0.3) is 11.5 Å². The first-order valence-electron chi connectivity index (χ1n) is 8.51. The molecule has 0 unspecified atom stereocenters. The van der Waals surface area contributed by atoms with Crippen molar-refractivity contribution in [2.24, 2.45) is 11.7 Å². The Hall–Kier alpha value is -3.23. The number of nitrogens with zero attached hydrogens (tertiary/aromatic N) is 2. The van der Waals surface area contributed by atoms with Gasteiger partial charge in [0.2, 0.25) is 0 Å². The number of rotatable bonds is 6. The predicted octanol–water partition coefficient (Wildman–Crippen LogP) is 1.18. The number of carbonyl (C=O) groups is 3. The first-order valence-corrected chi connectivity index (χ1v) is 8.51. The summed E-state index contributed by atoms with van der Waals surface area (Å²) in [5.41, 5.74) is 4.50. The molecule has 1 heterocycles. The van der Waals surface area contributed by atoms with E-state index in [2.05, 4.69) is 5.10 Å². The predicted molar refractivity (Wildman–Crippen MR) is 98.1 cm³/mol. The van der Waals surface area contributed by atoms with Crippen LogP contribution in [0.3, 0.4) is 0 Å². The first-order chi connectivity index (χ1) is 12.7. The summed E-state index contributed by atoms with van der Waals surface area (Å²) in [5.74, 6) is -1.39. The lowest BCUT2D eigenvalue weighted by Gasteiger charge is -2.14. The van der Waals surface area contributed by atoms with Crippen LogP contribution in [0, 0.1) is 5.92 Å². The van der Waals surface area contributed by atoms with Crippen molar-refractivity contribution in [3.05, 3.63) is 40.3 Å². The number of carbonyl (C=O) groups excluding carboxylic acids is 3. The second-order valence-electron chi connectivity index (χ2n) is 6.51. The van der Waals surface area contributed by atoms with E-state index in [0.29, 0.717) is 29.7 Å². The van der Waals surface area contributed by atoms with Crippen LogP contribution < -0.4 is 16.6 Å². The second kappa shape index (κ2) is 8.43. The van der Waals surface area contributed by atoms with Gasteiger partial charge in [0.05, 0.1) is 5.39 Å². The number of nitrogens with one attached hydrogen (secondary N) is 1. The van der Waals surface area contributed by atoms with Gasteiger partial charge in [-0.15, -0.1) is 0 Å². The lowest BCUT2D eigenvalue weighted by atomic mass is 10.1. The van der Waals surface area contributed by atoms with E-state index in [0.717, 1.165) is 0 Å².